The third-order valence-corrected chi connectivity index (χ3v) is 7.14. The maximum absolute atomic E-state index is 13.3. The van der Waals surface area contributed by atoms with Crippen molar-refractivity contribution in [3.63, 3.8) is 0 Å². The van der Waals surface area contributed by atoms with Crippen molar-refractivity contribution in [1.82, 2.24) is 10.2 Å². The van der Waals surface area contributed by atoms with Crippen molar-refractivity contribution < 1.29 is 14.3 Å². The quantitative estimate of drug-likeness (QED) is 0.718. The fourth-order valence-electron chi connectivity index (χ4n) is 4.14. The number of fused-ring (bicyclic) bond motifs is 1. The first-order valence-corrected chi connectivity index (χ1v) is 11.7. The number of benzene rings is 1. The lowest BCUT2D eigenvalue weighted by Gasteiger charge is -2.36. The molecular weight excluding hydrogens is 396 g/mol. The number of methoxy groups -OCH3 is 1. The maximum Gasteiger partial charge on any atom is 0.261 e. The highest BCUT2D eigenvalue weighted by Crippen LogP contribution is 2.34. The molecule has 30 heavy (non-hydrogen) atoms. The van der Waals surface area contributed by atoms with E-state index >= 15 is 0 Å². The van der Waals surface area contributed by atoms with Gasteiger partial charge in [-0.1, -0.05) is 31.0 Å². The van der Waals surface area contributed by atoms with Gasteiger partial charge in [-0.15, -0.1) is 11.3 Å². The van der Waals surface area contributed by atoms with E-state index in [1.807, 2.05) is 44.7 Å². The minimum absolute atomic E-state index is 0.0232. The van der Waals surface area contributed by atoms with Gasteiger partial charge < -0.3 is 15.0 Å². The second-order valence-electron chi connectivity index (χ2n) is 8.95. The summed E-state index contributed by atoms with van der Waals surface area (Å²) < 4.78 is 6.62. The van der Waals surface area contributed by atoms with Gasteiger partial charge in [0.25, 0.3) is 11.8 Å². The van der Waals surface area contributed by atoms with Crippen LogP contribution in [-0.2, 0) is 16.0 Å². The summed E-state index contributed by atoms with van der Waals surface area (Å²) in [6.07, 6.45) is 4.86. The first-order chi connectivity index (χ1) is 14.2. The van der Waals surface area contributed by atoms with Crippen LogP contribution < -0.4 is 5.32 Å². The van der Waals surface area contributed by atoms with Gasteiger partial charge >= 0.3 is 0 Å². The molecule has 1 aromatic heterocycles. The molecule has 2 amide bonds. The zero-order valence-corrected chi connectivity index (χ0v) is 19.6. The molecule has 2 aromatic rings. The minimum atomic E-state index is -0.850. The molecule has 1 aromatic carbocycles. The van der Waals surface area contributed by atoms with Crippen LogP contribution >= 0.6 is 11.3 Å². The predicted molar refractivity (Wildman–Crippen MR) is 123 cm³/mol. The minimum Gasteiger partial charge on any atom is -0.369 e. The number of carbonyl (C=O) groups is 2. The Balaban J connectivity index is 1.99. The van der Waals surface area contributed by atoms with E-state index < -0.39 is 5.60 Å². The summed E-state index contributed by atoms with van der Waals surface area (Å²) in [7, 11) is 1.59. The van der Waals surface area contributed by atoms with Crippen LogP contribution in [0.15, 0.2) is 24.3 Å². The number of rotatable bonds is 6. The summed E-state index contributed by atoms with van der Waals surface area (Å²) in [5.41, 5.74) is 0.214. The average Bonchev–Trinajstić information content (AvgIpc) is 2.91. The number of nitrogens with one attached hydrogen (secondary N) is 1. The Bertz CT molecular complexity index is 903. The molecule has 5 nitrogen and oxygen atoms in total. The lowest BCUT2D eigenvalue weighted by Crippen LogP contribution is -2.51. The van der Waals surface area contributed by atoms with Gasteiger partial charge in [0.2, 0.25) is 0 Å². The predicted octanol–water partition coefficient (Wildman–Crippen LogP) is 4.78. The molecule has 1 saturated heterocycles. The molecule has 3 rings (SSSR count). The molecule has 0 saturated carbocycles. The SMILES string of the molecule is COC(C)(C)C(=O)N1CCCCC[C@@H]1Cc1c(C(=O)NC(C)C)sc2ccccc12. The largest absolute Gasteiger partial charge is 0.369 e. The van der Waals surface area contributed by atoms with E-state index in [1.165, 1.54) is 0 Å². The van der Waals surface area contributed by atoms with E-state index in [0.717, 1.165) is 52.8 Å². The number of ether oxygens (including phenoxy) is 1. The van der Waals surface area contributed by atoms with Crippen molar-refractivity contribution in [1.29, 1.82) is 0 Å². The monoisotopic (exact) mass is 430 g/mol. The third kappa shape index (κ3) is 4.86. The van der Waals surface area contributed by atoms with Gasteiger partial charge in [0, 0.05) is 30.4 Å². The zero-order valence-electron chi connectivity index (χ0n) is 18.8. The number of hydrogen-bond donors (Lipinski definition) is 1. The van der Waals surface area contributed by atoms with Gasteiger partial charge in [-0.3, -0.25) is 9.59 Å². The van der Waals surface area contributed by atoms with Gasteiger partial charge in [0.05, 0.1) is 4.88 Å². The summed E-state index contributed by atoms with van der Waals surface area (Å²) in [6.45, 7) is 8.36. The molecule has 0 radical (unpaired) electrons. The first-order valence-electron chi connectivity index (χ1n) is 10.9. The van der Waals surface area contributed by atoms with Crippen LogP contribution in [0.1, 0.15) is 68.6 Å². The van der Waals surface area contributed by atoms with Crippen LogP contribution in [-0.4, -0.2) is 48.1 Å². The Morgan fingerprint density at radius 2 is 1.97 bits per heavy atom. The standard InChI is InChI=1S/C24H34N2O3S/c1-16(2)25-22(27)21-19(18-12-8-9-13-20(18)30-21)15-17-11-7-6-10-14-26(17)23(28)24(3,4)29-5/h8-9,12-13,16-17H,6-7,10-11,14-15H2,1-5H3,(H,25,27)/t17-/m1/s1. The Kier molecular flexibility index (Phi) is 7.19. The van der Waals surface area contributed by atoms with Gasteiger partial charge in [-0.05, 0) is 64.0 Å². The number of carbonyl (C=O) groups excluding carboxylic acids is 2. The van der Waals surface area contributed by atoms with Crippen LogP contribution in [0.4, 0.5) is 0 Å². The van der Waals surface area contributed by atoms with Crippen molar-refractivity contribution in [2.45, 2.75) is 77.5 Å². The fraction of sp³-hybridized carbons (Fsp3) is 0.583. The molecule has 0 spiro atoms. The smallest absolute Gasteiger partial charge is 0.261 e. The Morgan fingerprint density at radius 3 is 2.67 bits per heavy atom. The molecule has 0 bridgehead atoms. The van der Waals surface area contributed by atoms with Gasteiger partial charge in [-0.25, -0.2) is 0 Å². The number of thiophene rings is 1. The number of likely N-dealkylation sites (tertiary alicyclic amines) is 1. The highest BCUT2D eigenvalue weighted by Gasteiger charge is 2.36. The Hall–Kier alpha value is -1.92. The van der Waals surface area contributed by atoms with Gasteiger partial charge in [-0.2, -0.15) is 0 Å². The van der Waals surface area contributed by atoms with Crippen LogP contribution in [0.3, 0.4) is 0 Å². The highest BCUT2D eigenvalue weighted by atomic mass is 32.1. The third-order valence-electron chi connectivity index (χ3n) is 5.93. The summed E-state index contributed by atoms with van der Waals surface area (Å²) in [6, 6.07) is 8.34. The van der Waals surface area contributed by atoms with Crippen molar-refractivity contribution in [2.75, 3.05) is 13.7 Å². The summed E-state index contributed by atoms with van der Waals surface area (Å²) in [4.78, 5) is 29.0. The summed E-state index contributed by atoms with van der Waals surface area (Å²) in [5, 5.41) is 4.17. The number of nitrogens with zero attached hydrogens (tertiary/aromatic N) is 1. The Morgan fingerprint density at radius 1 is 1.23 bits per heavy atom. The highest BCUT2D eigenvalue weighted by molar-refractivity contribution is 7.21. The van der Waals surface area contributed by atoms with E-state index in [1.54, 1.807) is 18.4 Å². The van der Waals surface area contributed by atoms with Crippen molar-refractivity contribution in [2.24, 2.45) is 0 Å². The number of amides is 2. The van der Waals surface area contributed by atoms with E-state index in [9.17, 15) is 9.59 Å². The maximum atomic E-state index is 13.3. The first kappa shape index (κ1) is 22.8. The molecule has 2 heterocycles. The van der Waals surface area contributed by atoms with E-state index in [-0.39, 0.29) is 23.9 Å². The van der Waals surface area contributed by atoms with Gasteiger partial charge in [0.15, 0.2) is 0 Å². The molecule has 1 fully saturated rings. The molecule has 1 aliphatic rings. The molecule has 164 valence electrons. The molecule has 6 heteroatoms. The fourth-order valence-corrected chi connectivity index (χ4v) is 5.27. The molecule has 1 aliphatic heterocycles. The second kappa shape index (κ2) is 9.48. The summed E-state index contributed by atoms with van der Waals surface area (Å²) >= 11 is 1.55. The number of hydrogen-bond acceptors (Lipinski definition) is 4. The Labute approximate surface area is 183 Å². The summed E-state index contributed by atoms with van der Waals surface area (Å²) in [5.74, 6) is 0.00883. The van der Waals surface area contributed by atoms with Crippen LogP contribution in [0.25, 0.3) is 10.1 Å². The van der Waals surface area contributed by atoms with Gasteiger partial charge in [0.1, 0.15) is 5.60 Å². The van der Waals surface area contributed by atoms with E-state index in [0.29, 0.717) is 6.42 Å². The lowest BCUT2D eigenvalue weighted by molar-refractivity contribution is -0.153. The molecular formula is C24H34N2O3S. The van der Waals surface area contributed by atoms with Crippen molar-refractivity contribution >= 4 is 33.2 Å². The van der Waals surface area contributed by atoms with Crippen LogP contribution in [0.5, 0.6) is 0 Å². The second-order valence-corrected chi connectivity index (χ2v) is 10.0. The van der Waals surface area contributed by atoms with E-state index in [2.05, 4.69) is 17.4 Å². The zero-order chi connectivity index (χ0) is 21.9. The molecule has 1 atom stereocenters. The molecule has 0 unspecified atom stereocenters. The normalized spacial score (nSPS) is 17.9. The molecule has 0 aliphatic carbocycles. The van der Waals surface area contributed by atoms with Crippen LogP contribution in [0.2, 0.25) is 0 Å². The van der Waals surface area contributed by atoms with E-state index in [4.69, 9.17) is 4.74 Å². The average molecular weight is 431 g/mol. The topological polar surface area (TPSA) is 58.6 Å². The molecule has 1 N–H and O–H groups in total. The van der Waals surface area contributed by atoms with Crippen LogP contribution in [0, 0.1) is 0 Å². The van der Waals surface area contributed by atoms with Crippen molar-refractivity contribution in [3.05, 3.63) is 34.7 Å². The van der Waals surface area contributed by atoms with Crippen molar-refractivity contribution in [3.8, 4) is 0 Å². The lowest BCUT2D eigenvalue weighted by atomic mass is 9.96.